The fourth-order valence-corrected chi connectivity index (χ4v) is 0.783. The topological polar surface area (TPSA) is 30.9 Å². The van der Waals surface area contributed by atoms with Gasteiger partial charge in [-0.05, 0) is 0 Å². The Balaban J connectivity index is 2.94. The second-order valence-corrected chi connectivity index (χ2v) is 2.46. The molecule has 0 saturated heterocycles. The number of anilines is 1. The van der Waals surface area contributed by atoms with E-state index in [0.29, 0.717) is 0 Å². The molecule has 0 aliphatic carbocycles. The Morgan fingerprint density at radius 1 is 1.36 bits per heavy atom. The fraction of sp³-hybridized carbons (Fsp3) is 0.250. The quantitative estimate of drug-likeness (QED) is 0.539. The third kappa shape index (κ3) is 1.68. The standard InChI is InChI=1S/C8H10N3/c1-10(2)8-3-5-11(7-9)6-4-8/h3-6H,1-2H3/q+1. The molecule has 0 N–H and O–H groups in total. The number of pyridine rings is 1. The molecule has 1 aromatic rings. The zero-order valence-corrected chi connectivity index (χ0v) is 6.65. The molecule has 56 valence electrons. The van der Waals surface area contributed by atoms with Gasteiger partial charge in [-0.3, -0.25) is 0 Å². The van der Waals surface area contributed by atoms with Crippen molar-refractivity contribution < 1.29 is 4.57 Å². The highest BCUT2D eigenvalue weighted by Crippen LogP contribution is 2.05. The Labute approximate surface area is 66.1 Å². The maximum absolute atomic E-state index is 8.47. The minimum atomic E-state index is 1.09. The average molecular weight is 148 g/mol. The van der Waals surface area contributed by atoms with E-state index >= 15 is 0 Å². The van der Waals surface area contributed by atoms with E-state index in [9.17, 15) is 0 Å². The molecule has 0 atom stereocenters. The monoisotopic (exact) mass is 148 g/mol. The van der Waals surface area contributed by atoms with Crippen molar-refractivity contribution in [2.24, 2.45) is 0 Å². The largest absolute Gasteiger partial charge is 0.463 e. The second-order valence-electron chi connectivity index (χ2n) is 2.46. The summed E-state index contributed by atoms with van der Waals surface area (Å²) in [6.07, 6.45) is 5.45. The summed E-state index contributed by atoms with van der Waals surface area (Å²) in [6, 6.07) is 3.78. The van der Waals surface area contributed by atoms with E-state index in [-0.39, 0.29) is 0 Å². The first kappa shape index (κ1) is 7.55. The summed E-state index contributed by atoms with van der Waals surface area (Å²) in [6.45, 7) is 0. The molecule has 0 radical (unpaired) electrons. The lowest BCUT2D eigenvalue weighted by molar-refractivity contribution is -0.586. The van der Waals surface area contributed by atoms with E-state index in [0.717, 1.165) is 5.69 Å². The number of rotatable bonds is 1. The van der Waals surface area contributed by atoms with Gasteiger partial charge in [-0.1, -0.05) is 0 Å². The van der Waals surface area contributed by atoms with Crippen LogP contribution in [0, 0.1) is 11.5 Å². The zero-order valence-electron chi connectivity index (χ0n) is 6.65. The van der Waals surface area contributed by atoms with Crippen molar-refractivity contribution in [3.05, 3.63) is 24.5 Å². The van der Waals surface area contributed by atoms with Crippen LogP contribution in [-0.2, 0) is 0 Å². The molecule has 0 fully saturated rings. The molecular weight excluding hydrogens is 138 g/mol. The molecule has 1 rings (SSSR count). The number of nitrogens with zero attached hydrogens (tertiary/aromatic N) is 3. The smallest absolute Gasteiger partial charge is 0.377 e. The van der Waals surface area contributed by atoms with Crippen LogP contribution in [0.15, 0.2) is 24.5 Å². The van der Waals surface area contributed by atoms with Gasteiger partial charge < -0.3 is 4.90 Å². The fourth-order valence-electron chi connectivity index (χ4n) is 0.783. The molecule has 0 bridgehead atoms. The van der Waals surface area contributed by atoms with Crippen LogP contribution in [0.3, 0.4) is 0 Å². The van der Waals surface area contributed by atoms with Crippen LogP contribution in [0.4, 0.5) is 5.69 Å². The molecule has 0 amide bonds. The van der Waals surface area contributed by atoms with Gasteiger partial charge in [-0.2, -0.15) is 0 Å². The van der Waals surface area contributed by atoms with Crippen LogP contribution >= 0.6 is 0 Å². The van der Waals surface area contributed by atoms with Gasteiger partial charge in [-0.15, -0.1) is 4.57 Å². The van der Waals surface area contributed by atoms with E-state index in [1.807, 2.05) is 37.3 Å². The molecule has 3 heteroatoms. The van der Waals surface area contributed by atoms with E-state index in [2.05, 4.69) is 0 Å². The predicted molar refractivity (Wildman–Crippen MR) is 42.0 cm³/mol. The Bertz CT molecular complexity index is 268. The molecule has 1 heterocycles. The molecular formula is C8H10N3+. The lowest BCUT2D eigenvalue weighted by Gasteiger charge is -2.09. The Morgan fingerprint density at radius 2 is 1.91 bits per heavy atom. The summed E-state index contributed by atoms with van der Waals surface area (Å²) in [4.78, 5) is 1.99. The Kier molecular flexibility index (Phi) is 2.07. The van der Waals surface area contributed by atoms with E-state index < -0.39 is 0 Å². The lowest BCUT2D eigenvalue weighted by atomic mass is 10.4. The van der Waals surface area contributed by atoms with Gasteiger partial charge in [0.15, 0.2) is 5.26 Å². The second kappa shape index (κ2) is 3.02. The molecule has 0 aliphatic heterocycles. The minimum absolute atomic E-state index is 1.09. The molecule has 3 nitrogen and oxygen atoms in total. The van der Waals surface area contributed by atoms with E-state index in [1.165, 1.54) is 4.57 Å². The highest BCUT2D eigenvalue weighted by Gasteiger charge is 1.96. The van der Waals surface area contributed by atoms with Gasteiger partial charge in [0.25, 0.3) is 0 Å². The summed E-state index contributed by atoms with van der Waals surface area (Å²) in [5, 5.41) is 8.47. The van der Waals surface area contributed by atoms with Gasteiger partial charge >= 0.3 is 6.19 Å². The van der Waals surface area contributed by atoms with E-state index in [1.54, 1.807) is 12.4 Å². The highest BCUT2D eigenvalue weighted by molar-refractivity contribution is 5.41. The van der Waals surface area contributed by atoms with Crippen molar-refractivity contribution >= 4 is 5.69 Å². The maximum Gasteiger partial charge on any atom is 0.463 e. The van der Waals surface area contributed by atoms with Crippen LogP contribution in [0.1, 0.15) is 0 Å². The van der Waals surface area contributed by atoms with Crippen LogP contribution in [0.2, 0.25) is 0 Å². The van der Waals surface area contributed by atoms with Crippen LogP contribution in [0.5, 0.6) is 0 Å². The van der Waals surface area contributed by atoms with Gasteiger partial charge in [0.05, 0.1) is 0 Å². The first-order valence-electron chi connectivity index (χ1n) is 3.33. The molecule has 11 heavy (non-hydrogen) atoms. The molecule has 1 aromatic heterocycles. The minimum Gasteiger partial charge on any atom is -0.377 e. The van der Waals surface area contributed by atoms with E-state index in [4.69, 9.17) is 5.26 Å². The van der Waals surface area contributed by atoms with Crippen molar-refractivity contribution in [1.82, 2.24) is 0 Å². The SMILES string of the molecule is CN(C)c1cc[n+](C#N)cc1. The number of hydrogen-bond acceptors (Lipinski definition) is 2. The first-order valence-corrected chi connectivity index (χ1v) is 3.33. The number of nitriles is 1. The van der Waals surface area contributed by atoms with Gasteiger partial charge in [0, 0.05) is 31.9 Å². The predicted octanol–water partition coefficient (Wildman–Crippen LogP) is 0.369. The summed E-state index contributed by atoms with van der Waals surface area (Å²) >= 11 is 0. The molecule has 0 unspecified atom stereocenters. The van der Waals surface area contributed by atoms with Crippen molar-refractivity contribution in [2.75, 3.05) is 19.0 Å². The summed E-state index contributed by atoms with van der Waals surface area (Å²) in [7, 11) is 3.93. The summed E-state index contributed by atoms with van der Waals surface area (Å²) < 4.78 is 1.45. The van der Waals surface area contributed by atoms with Crippen molar-refractivity contribution in [2.45, 2.75) is 0 Å². The molecule has 0 aromatic carbocycles. The molecule has 0 saturated carbocycles. The normalized spacial score (nSPS) is 8.82. The zero-order chi connectivity index (χ0) is 8.27. The maximum atomic E-state index is 8.47. The first-order chi connectivity index (χ1) is 5.24. The molecule has 0 spiro atoms. The van der Waals surface area contributed by atoms with Gasteiger partial charge in [0.1, 0.15) is 12.4 Å². The number of hydrogen-bond donors (Lipinski definition) is 0. The third-order valence-corrected chi connectivity index (χ3v) is 1.44. The Morgan fingerprint density at radius 3 is 2.27 bits per heavy atom. The van der Waals surface area contributed by atoms with Crippen LogP contribution < -0.4 is 9.47 Å². The summed E-state index contributed by atoms with van der Waals surface area (Å²) in [5.74, 6) is 0. The third-order valence-electron chi connectivity index (χ3n) is 1.44. The van der Waals surface area contributed by atoms with Gasteiger partial charge in [-0.25, -0.2) is 0 Å². The molecule has 0 aliphatic rings. The highest BCUT2D eigenvalue weighted by atomic mass is 15.1. The van der Waals surface area contributed by atoms with Crippen molar-refractivity contribution in [1.29, 1.82) is 5.26 Å². The van der Waals surface area contributed by atoms with Crippen molar-refractivity contribution in [3.8, 4) is 6.19 Å². The lowest BCUT2D eigenvalue weighted by Crippen LogP contribution is -2.26. The summed E-state index contributed by atoms with van der Waals surface area (Å²) in [5.41, 5.74) is 1.09. The van der Waals surface area contributed by atoms with Gasteiger partial charge in [0.2, 0.25) is 0 Å². The van der Waals surface area contributed by atoms with Crippen LogP contribution in [0.25, 0.3) is 0 Å². The van der Waals surface area contributed by atoms with Crippen LogP contribution in [-0.4, -0.2) is 14.1 Å². The average Bonchev–Trinajstić information content (AvgIpc) is 2.05. The number of aromatic nitrogens is 1. The Hall–Kier alpha value is -1.56. The van der Waals surface area contributed by atoms with Crippen molar-refractivity contribution in [3.63, 3.8) is 0 Å².